The third kappa shape index (κ3) is 2.23. The van der Waals surface area contributed by atoms with E-state index < -0.39 is 0 Å². The van der Waals surface area contributed by atoms with Crippen LogP contribution in [0.15, 0.2) is 18.5 Å². The molecule has 1 saturated carbocycles. The van der Waals surface area contributed by atoms with Crippen molar-refractivity contribution in [2.45, 2.75) is 25.3 Å². The molecule has 3 N–H and O–H groups in total. The Labute approximate surface area is 88.6 Å². The molecule has 0 aliphatic heterocycles. The lowest BCUT2D eigenvalue weighted by Gasteiger charge is -2.15. The predicted molar refractivity (Wildman–Crippen MR) is 56.8 cm³/mol. The summed E-state index contributed by atoms with van der Waals surface area (Å²) >= 11 is 6.02. The molecule has 1 aliphatic rings. The number of hydrogen-bond donors (Lipinski definition) is 2. The zero-order valence-corrected chi connectivity index (χ0v) is 8.67. The van der Waals surface area contributed by atoms with Crippen LogP contribution in [0.3, 0.4) is 0 Å². The molecule has 2 rings (SSSR count). The van der Waals surface area contributed by atoms with E-state index >= 15 is 0 Å². The minimum atomic E-state index is 0.356. The van der Waals surface area contributed by atoms with Crippen LogP contribution in [0.25, 0.3) is 0 Å². The summed E-state index contributed by atoms with van der Waals surface area (Å²) in [4.78, 5) is 3.95. The molecule has 0 bridgehead atoms. The van der Waals surface area contributed by atoms with E-state index in [1.165, 1.54) is 12.8 Å². The molecule has 4 heteroatoms. The smallest absolute Gasteiger partial charge is 0.0621 e. The third-order valence-corrected chi connectivity index (χ3v) is 3.04. The molecule has 0 aromatic carbocycles. The largest absolute Gasteiger partial charge is 0.271 e. The van der Waals surface area contributed by atoms with Gasteiger partial charge >= 0.3 is 0 Å². The number of halogens is 1. The SMILES string of the molecule is NNC(Cc1ccncc1Cl)C1CC1. The third-order valence-electron chi connectivity index (χ3n) is 2.70. The van der Waals surface area contributed by atoms with Gasteiger partial charge in [0.2, 0.25) is 0 Å². The molecule has 76 valence electrons. The van der Waals surface area contributed by atoms with E-state index in [4.69, 9.17) is 17.4 Å². The van der Waals surface area contributed by atoms with Crippen molar-refractivity contribution in [3.05, 3.63) is 29.0 Å². The van der Waals surface area contributed by atoms with Gasteiger partial charge in [0.25, 0.3) is 0 Å². The Bertz CT molecular complexity index is 312. The van der Waals surface area contributed by atoms with Crippen LogP contribution in [0.4, 0.5) is 0 Å². The Morgan fingerprint density at radius 1 is 1.64 bits per heavy atom. The second-order valence-corrected chi connectivity index (χ2v) is 4.19. The summed E-state index contributed by atoms with van der Waals surface area (Å²) in [5.41, 5.74) is 3.98. The average molecular weight is 212 g/mol. The summed E-state index contributed by atoms with van der Waals surface area (Å²) < 4.78 is 0. The monoisotopic (exact) mass is 211 g/mol. The molecule has 0 radical (unpaired) electrons. The van der Waals surface area contributed by atoms with Gasteiger partial charge in [0.1, 0.15) is 0 Å². The number of nitrogens with one attached hydrogen (secondary N) is 1. The van der Waals surface area contributed by atoms with Gasteiger partial charge in [-0.15, -0.1) is 0 Å². The van der Waals surface area contributed by atoms with E-state index in [0.717, 1.165) is 22.9 Å². The Hall–Kier alpha value is -0.640. The fourth-order valence-corrected chi connectivity index (χ4v) is 1.86. The lowest BCUT2D eigenvalue weighted by atomic mass is 10.0. The Morgan fingerprint density at radius 3 is 3.00 bits per heavy atom. The van der Waals surface area contributed by atoms with Gasteiger partial charge in [-0.1, -0.05) is 11.6 Å². The first-order chi connectivity index (χ1) is 6.81. The molecule has 1 heterocycles. The first kappa shape index (κ1) is 9.90. The summed E-state index contributed by atoms with van der Waals surface area (Å²) in [6, 6.07) is 2.31. The van der Waals surface area contributed by atoms with E-state index in [0.29, 0.717) is 6.04 Å². The summed E-state index contributed by atoms with van der Waals surface area (Å²) in [5.74, 6) is 6.23. The van der Waals surface area contributed by atoms with Crippen molar-refractivity contribution >= 4 is 11.6 Å². The Kier molecular flexibility index (Phi) is 3.01. The van der Waals surface area contributed by atoms with Crippen LogP contribution in [0.5, 0.6) is 0 Å². The van der Waals surface area contributed by atoms with E-state index in [-0.39, 0.29) is 0 Å². The zero-order valence-electron chi connectivity index (χ0n) is 7.91. The molecule has 3 nitrogen and oxygen atoms in total. The first-order valence-electron chi connectivity index (χ1n) is 4.86. The zero-order chi connectivity index (χ0) is 9.97. The average Bonchev–Trinajstić information content (AvgIpc) is 3.00. The highest BCUT2D eigenvalue weighted by Crippen LogP contribution is 2.34. The van der Waals surface area contributed by atoms with E-state index in [1.54, 1.807) is 12.4 Å². The van der Waals surface area contributed by atoms with E-state index in [1.807, 2.05) is 6.07 Å². The fourth-order valence-electron chi connectivity index (χ4n) is 1.67. The minimum Gasteiger partial charge on any atom is -0.271 e. The maximum atomic E-state index is 6.02. The molecule has 14 heavy (non-hydrogen) atoms. The Balaban J connectivity index is 2.04. The van der Waals surface area contributed by atoms with Crippen LogP contribution >= 0.6 is 11.6 Å². The van der Waals surface area contributed by atoms with Gasteiger partial charge in [-0.2, -0.15) is 0 Å². The molecule has 0 spiro atoms. The number of hydrogen-bond acceptors (Lipinski definition) is 3. The van der Waals surface area contributed by atoms with Gasteiger partial charge in [-0.25, -0.2) is 0 Å². The van der Waals surface area contributed by atoms with Crippen molar-refractivity contribution in [3.8, 4) is 0 Å². The van der Waals surface area contributed by atoms with Crippen LogP contribution in [0, 0.1) is 5.92 Å². The number of hydrazine groups is 1. The summed E-state index contributed by atoms with van der Waals surface area (Å²) in [7, 11) is 0. The standard InChI is InChI=1S/C10H14ClN3/c11-9-6-13-4-3-8(9)5-10(14-12)7-1-2-7/h3-4,6-7,10,14H,1-2,5,12H2. The number of pyridine rings is 1. The molecule has 0 saturated heterocycles. The minimum absolute atomic E-state index is 0.356. The second kappa shape index (κ2) is 4.26. The molecule has 1 aliphatic carbocycles. The van der Waals surface area contributed by atoms with Crippen molar-refractivity contribution in [1.82, 2.24) is 10.4 Å². The van der Waals surface area contributed by atoms with Crippen LogP contribution in [0.1, 0.15) is 18.4 Å². The number of rotatable bonds is 4. The summed E-state index contributed by atoms with van der Waals surface area (Å²) in [5, 5.41) is 0.730. The quantitative estimate of drug-likeness (QED) is 0.587. The first-order valence-corrected chi connectivity index (χ1v) is 5.23. The lowest BCUT2D eigenvalue weighted by molar-refractivity contribution is 0.472. The van der Waals surface area contributed by atoms with Crippen LogP contribution in [-0.4, -0.2) is 11.0 Å². The van der Waals surface area contributed by atoms with Gasteiger partial charge in [0.15, 0.2) is 0 Å². The van der Waals surface area contributed by atoms with Crippen molar-refractivity contribution in [2.75, 3.05) is 0 Å². The maximum Gasteiger partial charge on any atom is 0.0621 e. The van der Waals surface area contributed by atoms with Crippen molar-refractivity contribution in [1.29, 1.82) is 0 Å². The van der Waals surface area contributed by atoms with Gasteiger partial charge < -0.3 is 0 Å². The van der Waals surface area contributed by atoms with Crippen LogP contribution in [0.2, 0.25) is 5.02 Å². The van der Waals surface area contributed by atoms with Gasteiger partial charge in [-0.3, -0.25) is 16.3 Å². The van der Waals surface area contributed by atoms with Crippen LogP contribution in [-0.2, 0) is 6.42 Å². The highest BCUT2D eigenvalue weighted by Gasteiger charge is 2.30. The molecule has 1 fully saturated rings. The Morgan fingerprint density at radius 2 is 2.43 bits per heavy atom. The summed E-state index contributed by atoms with van der Waals surface area (Å²) in [6.45, 7) is 0. The fraction of sp³-hybridized carbons (Fsp3) is 0.500. The number of aromatic nitrogens is 1. The molecule has 1 atom stereocenters. The molecular formula is C10H14ClN3. The molecule has 1 unspecified atom stereocenters. The predicted octanol–water partition coefficient (Wildman–Crippen LogP) is 1.52. The highest BCUT2D eigenvalue weighted by atomic mass is 35.5. The van der Waals surface area contributed by atoms with Gasteiger partial charge in [0, 0.05) is 18.4 Å². The van der Waals surface area contributed by atoms with E-state index in [2.05, 4.69) is 10.4 Å². The van der Waals surface area contributed by atoms with Gasteiger partial charge in [0.05, 0.1) is 5.02 Å². The number of nitrogens with zero attached hydrogens (tertiary/aromatic N) is 1. The normalized spacial score (nSPS) is 18.1. The topological polar surface area (TPSA) is 50.9 Å². The second-order valence-electron chi connectivity index (χ2n) is 3.78. The van der Waals surface area contributed by atoms with Crippen LogP contribution < -0.4 is 11.3 Å². The maximum absolute atomic E-state index is 6.02. The van der Waals surface area contributed by atoms with Crippen molar-refractivity contribution < 1.29 is 0 Å². The summed E-state index contributed by atoms with van der Waals surface area (Å²) in [6.07, 6.45) is 6.89. The highest BCUT2D eigenvalue weighted by molar-refractivity contribution is 6.31. The molecular weight excluding hydrogens is 198 g/mol. The van der Waals surface area contributed by atoms with Crippen molar-refractivity contribution in [3.63, 3.8) is 0 Å². The lowest BCUT2D eigenvalue weighted by Crippen LogP contribution is -2.38. The van der Waals surface area contributed by atoms with E-state index in [9.17, 15) is 0 Å². The van der Waals surface area contributed by atoms with Gasteiger partial charge in [-0.05, 0) is 36.8 Å². The number of nitrogens with two attached hydrogens (primary N) is 1. The molecule has 1 aromatic heterocycles. The molecule has 1 aromatic rings. The molecule has 0 amide bonds. The van der Waals surface area contributed by atoms with Crippen molar-refractivity contribution in [2.24, 2.45) is 11.8 Å².